The number of allylic oxidation sites excluding steroid dienone is 4. The fourth-order valence-electron chi connectivity index (χ4n) is 7.26. The summed E-state index contributed by atoms with van der Waals surface area (Å²) in [5.41, 5.74) is 11.8. The van der Waals surface area contributed by atoms with Crippen LogP contribution < -0.4 is 0 Å². The van der Waals surface area contributed by atoms with Gasteiger partial charge >= 0.3 is 0 Å². The molecule has 2 nitrogen and oxygen atoms in total. The summed E-state index contributed by atoms with van der Waals surface area (Å²) in [5, 5.41) is 5.06. The van der Waals surface area contributed by atoms with Crippen molar-refractivity contribution in [3.63, 3.8) is 0 Å². The van der Waals surface area contributed by atoms with Gasteiger partial charge in [-0.3, -0.25) is 4.57 Å². The van der Waals surface area contributed by atoms with E-state index in [0.29, 0.717) is 0 Å². The van der Waals surface area contributed by atoms with Crippen molar-refractivity contribution in [2.45, 2.75) is 12.8 Å². The van der Waals surface area contributed by atoms with Gasteiger partial charge in [0, 0.05) is 11.3 Å². The highest BCUT2D eigenvalue weighted by Crippen LogP contribution is 2.45. The van der Waals surface area contributed by atoms with Crippen LogP contribution in [0.5, 0.6) is 0 Å². The number of hydrogen-bond acceptors (Lipinski definition) is 1. The quantitative estimate of drug-likeness (QED) is 0.180. The number of nitrogens with zero attached hydrogens (tertiary/aromatic N) is 2. The third-order valence-electron chi connectivity index (χ3n) is 9.42. The number of hydrogen-bond donors (Lipinski definition) is 0. The minimum atomic E-state index is 0.945. The lowest BCUT2D eigenvalue weighted by Crippen LogP contribution is -1.98. The Morgan fingerprint density at radius 3 is 1.79 bits per heavy atom. The molecule has 1 aliphatic rings. The van der Waals surface area contributed by atoms with Crippen LogP contribution in [0.25, 0.3) is 77.5 Å². The Morgan fingerprint density at radius 1 is 0.468 bits per heavy atom. The van der Waals surface area contributed by atoms with E-state index < -0.39 is 0 Å². The first-order valence-electron chi connectivity index (χ1n) is 16.4. The SMILES string of the molecule is C1=CC(c2ccc3c(-c4ccccc4)c4ccccc4c(-c4ccc(-n5c(-c6ccccc6)nc6ccccc65)cc4)c3c2)=CCC1. The number of para-hydroxylation sites is 2. The zero-order chi connectivity index (χ0) is 31.2. The summed E-state index contributed by atoms with van der Waals surface area (Å²) < 4.78 is 2.28. The molecule has 0 amide bonds. The van der Waals surface area contributed by atoms with E-state index in [1.165, 1.54) is 54.9 Å². The number of rotatable bonds is 5. The van der Waals surface area contributed by atoms with E-state index in [4.69, 9.17) is 4.98 Å². The van der Waals surface area contributed by atoms with Gasteiger partial charge in [0.1, 0.15) is 5.82 Å². The standard InChI is InChI=1S/C45H32N2/c1-4-14-31(15-5-1)35-26-29-39-40(30-35)44(38-21-11-10-20-37(38)43(39)32-16-6-2-7-17-32)33-24-27-36(28-25-33)47-42-23-13-12-22-41(42)46-45(47)34-18-8-3-9-19-34/h2-4,6-30H,1,5H2. The molecule has 0 bridgehead atoms. The minimum absolute atomic E-state index is 0.945. The lowest BCUT2D eigenvalue weighted by Gasteiger charge is -2.19. The topological polar surface area (TPSA) is 17.8 Å². The van der Waals surface area contributed by atoms with Crippen molar-refractivity contribution in [3.05, 3.63) is 175 Å². The fraction of sp³-hybridized carbons (Fsp3) is 0.0444. The zero-order valence-electron chi connectivity index (χ0n) is 26.0. The van der Waals surface area contributed by atoms with Crippen molar-refractivity contribution in [1.29, 1.82) is 0 Å². The number of benzene rings is 7. The highest BCUT2D eigenvalue weighted by atomic mass is 15.1. The first-order valence-corrected chi connectivity index (χ1v) is 16.4. The molecule has 2 heteroatoms. The monoisotopic (exact) mass is 600 g/mol. The van der Waals surface area contributed by atoms with Crippen LogP contribution in [0.15, 0.2) is 170 Å². The van der Waals surface area contributed by atoms with Gasteiger partial charge in [0.15, 0.2) is 0 Å². The summed E-state index contributed by atoms with van der Waals surface area (Å²) >= 11 is 0. The highest BCUT2D eigenvalue weighted by Gasteiger charge is 2.19. The summed E-state index contributed by atoms with van der Waals surface area (Å²) in [6, 6.07) is 54.7. The molecule has 47 heavy (non-hydrogen) atoms. The maximum atomic E-state index is 5.07. The van der Waals surface area contributed by atoms with Crippen LogP contribution in [0.2, 0.25) is 0 Å². The molecule has 0 aliphatic heterocycles. The summed E-state index contributed by atoms with van der Waals surface area (Å²) in [4.78, 5) is 5.07. The summed E-state index contributed by atoms with van der Waals surface area (Å²) in [5.74, 6) is 0.945. The molecule has 0 saturated heterocycles. The van der Waals surface area contributed by atoms with Crippen molar-refractivity contribution in [3.8, 4) is 39.3 Å². The van der Waals surface area contributed by atoms with Gasteiger partial charge in [-0.1, -0.05) is 140 Å². The largest absolute Gasteiger partial charge is 0.292 e. The number of imidazole rings is 1. The highest BCUT2D eigenvalue weighted by molar-refractivity contribution is 6.21. The molecule has 0 radical (unpaired) electrons. The number of aromatic nitrogens is 2. The van der Waals surface area contributed by atoms with Gasteiger partial charge < -0.3 is 0 Å². The van der Waals surface area contributed by atoms with Gasteiger partial charge in [-0.25, -0.2) is 4.98 Å². The zero-order valence-corrected chi connectivity index (χ0v) is 26.0. The fourth-order valence-corrected chi connectivity index (χ4v) is 7.26. The normalized spacial score (nSPS) is 13.0. The third-order valence-corrected chi connectivity index (χ3v) is 9.42. The first-order chi connectivity index (χ1) is 23.3. The van der Waals surface area contributed by atoms with Crippen molar-refractivity contribution in [1.82, 2.24) is 9.55 Å². The molecule has 0 N–H and O–H groups in total. The van der Waals surface area contributed by atoms with Crippen molar-refractivity contribution >= 4 is 38.2 Å². The van der Waals surface area contributed by atoms with Gasteiger partial charge in [0.05, 0.1) is 11.0 Å². The maximum Gasteiger partial charge on any atom is 0.145 e. The van der Waals surface area contributed by atoms with E-state index in [2.05, 4.69) is 174 Å². The summed E-state index contributed by atoms with van der Waals surface area (Å²) in [6.45, 7) is 0. The Hall–Kier alpha value is -5.99. The van der Waals surface area contributed by atoms with Gasteiger partial charge in [-0.05, 0) is 98.1 Å². The van der Waals surface area contributed by atoms with E-state index in [9.17, 15) is 0 Å². The van der Waals surface area contributed by atoms with E-state index in [0.717, 1.165) is 41.0 Å². The predicted molar refractivity (Wildman–Crippen MR) is 199 cm³/mol. The first kappa shape index (κ1) is 27.3. The Labute approximate surface area is 274 Å². The van der Waals surface area contributed by atoms with Crippen LogP contribution in [-0.2, 0) is 0 Å². The maximum absolute atomic E-state index is 5.07. The Morgan fingerprint density at radius 2 is 1.06 bits per heavy atom. The minimum Gasteiger partial charge on any atom is -0.292 e. The van der Waals surface area contributed by atoms with Crippen LogP contribution in [0.4, 0.5) is 0 Å². The lowest BCUT2D eigenvalue weighted by molar-refractivity contribution is 1.04. The average Bonchev–Trinajstić information content (AvgIpc) is 3.54. The van der Waals surface area contributed by atoms with Crippen LogP contribution in [0, 0.1) is 0 Å². The molecule has 7 aromatic carbocycles. The lowest BCUT2D eigenvalue weighted by atomic mass is 9.84. The molecule has 0 spiro atoms. The van der Waals surface area contributed by atoms with Crippen molar-refractivity contribution in [2.24, 2.45) is 0 Å². The molecule has 0 fully saturated rings. The molecule has 222 valence electrons. The van der Waals surface area contributed by atoms with Gasteiger partial charge in [-0.2, -0.15) is 0 Å². The van der Waals surface area contributed by atoms with Crippen LogP contribution in [0.1, 0.15) is 18.4 Å². The molecule has 8 aromatic rings. The molecule has 1 aliphatic carbocycles. The molecule has 0 unspecified atom stereocenters. The molecular weight excluding hydrogens is 569 g/mol. The predicted octanol–water partition coefficient (Wildman–Crippen LogP) is 12.1. The van der Waals surface area contributed by atoms with E-state index in [-0.39, 0.29) is 0 Å². The van der Waals surface area contributed by atoms with Crippen LogP contribution >= 0.6 is 0 Å². The second kappa shape index (κ2) is 11.4. The summed E-state index contributed by atoms with van der Waals surface area (Å²) in [7, 11) is 0. The molecule has 9 rings (SSSR count). The van der Waals surface area contributed by atoms with E-state index >= 15 is 0 Å². The second-order valence-corrected chi connectivity index (χ2v) is 12.2. The molecule has 1 heterocycles. The van der Waals surface area contributed by atoms with Gasteiger partial charge in [0.2, 0.25) is 0 Å². The van der Waals surface area contributed by atoms with Crippen molar-refractivity contribution < 1.29 is 0 Å². The van der Waals surface area contributed by atoms with Gasteiger partial charge in [-0.15, -0.1) is 0 Å². The smallest absolute Gasteiger partial charge is 0.145 e. The molecule has 1 aromatic heterocycles. The van der Waals surface area contributed by atoms with E-state index in [1.807, 2.05) is 0 Å². The Bertz CT molecular complexity index is 2480. The Balaban J connectivity index is 1.29. The molecule has 0 atom stereocenters. The number of fused-ring (bicyclic) bond motifs is 3. The Kier molecular flexibility index (Phi) is 6.64. The molecule has 0 saturated carbocycles. The van der Waals surface area contributed by atoms with Crippen LogP contribution in [-0.4, -0.2) is 9.55 Å². The summed E-state index contributed by atoms with van der Waals surface area (Å²) in [6.07, 6.45) is 9.12. The van der Waals surface area contributed by atoms with Crippen molar-refractivity contribution in [2.75, 3.05) is 0 Å². The molecular formula is C45H32N2. The third kappa shape index (κ3) is 4.69. The van der Waals surface area contributed by atoms with E-state index in [1.54, 1.807) is 0 Å². The van der Waals surface area contributed by atoms with Gasteiger partial charge in [0.25, 0.3) is 0 Å². The van der Waals surface area contributed by atoms with Crippen LogP contribution in [0.3, 0.4) is 0 Å². The average molecular weight is 601 g/mol. The second-order valence-electron chi connectivity index (χ2n) is 12.2.